The maximum Gasteiger partial charge on any atom is 0.0523 e. The first-order valence-electron chi connectivity index (χ1n) is 6.72. The van der Waals surface area contributed by atoms with E-state index in [4.69, 9.17) is 0 Å². The van der Waals surface area contributed by atoms with Crippen molar-refractivity contribution in [3.8, 4) is 0 Å². The molecule has 0 amide bonds. The van der Waals surface area contributed by atoms with Crippen molar-refractivity contribution >= 4 is 17.4 Å². The van der Waals surface area contributed by atoms with Gasteiger partial charge in [0.25, 0.3) is 0 Å². The highest BCUT2D eigenvalue weighted by Crippen LogP contribution is 2.44. The maximum absolute atomic E-state index is 3.56. The van der Waals surface area contributed by atoms with E-state index in [1.807, 2.05) is 11.8 Å². The molecule has 2 aromatic rings. The molecule has 0 bridgehead atoms. The summed E-state index contributed by atoms with van der Waals surface area (Å²) in [5.74, 6) is 0. The van der Waals surface area contributed by atoms with E-state index in [0.717, 1.165) is 6.54 Å². The lowest BCUT2D eigenvalue weighted by molar-refractivity contribution is 0.939. The molecule has 0 radical (unpaired) electrons. The zero-order chi connectivity index (χ0) is 13.4. The molecular formula is C17H19NS. The Morgan fingerprint density at radius 1 is 1.05 bits per heavy atom. The SMILES string of the molecule is Cc1cc(C)c(C2CNc3ccccc3S2)c(C)c1. The van der Waals surface area contributed by atoms with Crippen LogP contribution in [0.25, 0.3) is 0 Å². The van der Waals surface area contributed by atoms with E-state index < -0.39 is 0 Å². The summed E-state index contributed by atoms with van der Waals surface area (Å²) in [6.07, 6.45) is 0. The summed E-state index contributed by atoms with van der Waals surface area (Å²) >= 11 is 1.98. The molecule has 1 aliphatic rings. The van der Waals surface area contributed by atoms with E-state index in [-0.39, 0.29) is 0 Å². The van der Waals surface area contributed by atoms with Crippen LogP contribution in [0.1, 0.15) is 27.5 Å². The molecule has 0 aromatic heterocycles. The number of benzene rings is 2. The van der Waals surface area contributed by atoms with Crippen molar-refractivity contribution in [2.75, 3.05) is 11.9 Å². The van der Waals surface area contributed by atoms with E-state index in [1.165, 1.54) is 32.8 Å². The molecule has 0 saturated heterocycles. The molecule has 0 spiro atoms. The molecule has 1 nitrogen and oxygen atoms in total. The van der Waals surface area contributed by atoms with E-state index in [1.54, 1.807) is 0 Å². The number of anilines is 1. The molecule has 1 N–H and O–H groups in total. The largest absolute Gasteiger partial charge is 0.383 e. The summed E-state index contributed by atoms with van der Waals surface area (Å²) in [7, 11) is 0. The first kappa shape index (κ1) is 12.6. The van der Waals surface area contributed by atoms with E-state index in [9.17, 15) is 0 Å². The van der Waals surface area contributed by atoms with Crippen molar-refractivity contribution in [2.24, 2.45) is 0 Å². The molecule has 1 unspecified atom stereocenters. The minimum atomic E-state index is 0.510. The van der Waals surface area contributed by atoms with Crippen LogP contribution >= 0.6 is 11.8 Å². The van der Waals surface area contributed by atoms with Gasteiger partial charge >= 0.3 is 0 Å². The van der Waals surface area contributed by atoms with Gasteiger partial charge in [-0.1, -0.05) is 29.8 Å². The zero-order valence-electron chi connectivity index (χ0n) is 11.7. The van der Waals surface area contributed by atoms with Crippen molar-refractivity contribution in [1.29, 1.82) is 0 Å². The van der Waals surface area contributed by atoms with E-state index >= 15 is 0 Å². The second-order valence-electron chi connectivity index (χ2n) is 5.30. The monoisotopic (exact) mass is 269 g/mol. The molecular weight excluding hydrogens is 250 g/mol. The van der Waals surface area contributed by atoms with E-state index in [0.29, 0.717) is 5.25 Å². The van der Waals surface area contributed by atoms with Crippen molar-refractivity contribution < 1.29 is 0 Å². The first-order valence-corrected chi connectivity index (χ1v) is 7.60. The van der Waals surface area contributed by atoms with Crippen molar-refractivity contribution in [1.82, 2.24) is 0 Å². The zero-order valence-corrected chi connectivity index (χ0v) is 12.5. The molecule has 3 rings (SSSR count). The fourth-order valence-electron chi connectivity index (χ4n) is 2.97. The number of rotatable bonds is 1. The third-order valence-corrected chi connectivity index (χ3v) is 4.99. The van der Waals surface area contributed by atoms with Gasteiger partial charge in [-0.25, -0.2) is 0 Å². The van der Waals surface area contributed by atoms with Gasteiger partial charge in [-0.15, -0.1) is 11.8 Å². The number of thioether (sulfide) groups is 1. The molecule has 0 aliphatic carbocycles. The summed E-state index contributed by atoms with van der Waals surface area (Å²) in [4.78, 5) is 1.36. The Balaban J connectivity index is 1.98. The number of fused-ring (bicyclic) bond motifs is 1. The molecule has 19 heavy (non-hydrogen) atoms. The van der Waals surface area contributed by atoms with Gasteiger partial charge in [0.2, 0.25) is 0 Å². The summed E-state index contributed by atoms with van der Waals surface area (Å²) in [6.45, 7) is 7.64. The third kappa shape index (κ3) is 2.37. The predicted molar refractivity (Wildman–Crippen MR) is 84.2 cm³/mol. The van der Waals surface area contributed by atoms with Crippen LogP contribution in [0.5, 0.6) is 0 Å². The maximum atomic E-state index is 3.56. The lowest BCUT2D eigenvalue weighted by Crippen LogP contribution is -2.17. The Bertz CT molecular complexity index is 595. The lowest BCUT2D eigenvalue weighted by atomic mass is 9.97. The summed E-state index contributed by atoms with van der Waals surface area (Å²) in [6, 6.07) is 13.2. The smallest absolute Gasteiger partial charge is 0.0523 e. The van der Waals surface area contributed by atoms with Crippen LogP contribution in [0.4, 0.5) is 5.69 Å². The number of nitrogens with one attached hydrogen (secondary N) is 1. The Kier molecular flexibility index (Phi) is 3.28. The van der Waals surface area contributed by atoms with Crippen molar-refractivity contribution in [3.63, 3.8) is 0 Å². The predicted octanol–water partition coefficient (Wildman–Crippen LogP) is 4.87. The minimum absolute atomic E-state index is 0.510. The van der Waals surface area contributed by atoms with Crippen LogP contribution in [-0.4, -0.2) is 6.54 Å². The standard InChI is InChI=1S/C17H19NS/c1-11-8-12(2)17(13(3)9-11)16-10-18-14-6-4-5-7-15(14)19-16/h4-9,16,18H,10H2,1-3H3. The fraction of sp³-hybridized carbons (Fsp3) is 0.294. The van der Waals surface area contributed by atoms with Crippen LogP contribution < -0.4 is 5.32 Å². The Morgan fingerprint density at radius 3 is 2.47 bits per heavy atom. The van der Waals surface area contributed by atoms with Gasteiger partial charge in [-0.05, 0) is 49.6 Å². The molecule has 0 saturated carbocycles. The van der Waals surface area contributed by atoms with Crippen molar-refractivity contribution in [3.05, 3.63) is 58.7 Å². The summed E-state index contributed by atoms with van der Waals surface area (Å²) in [5.41, 5.74) is 6.95. The highest BCUT2D eigenvalue weighted by molar-refractivity contribution is 7.99. The lowest BCUT2D eigenvalue weighted by Gasteiger charge is -2.28. The molecule has 98 valence electrons. The second kappa shape index (κ2) is 4.93. The van der Waals surface area contributed by atoms with Crippen LogP contribution in [0.15, 0.2) is 41.3 Å². The van der Waals surface area contributed by atoms with Crippen LogP contribution in [-0.2, 0) is 0 Å². The topological polar surface area (TPSA) is 12.0 Å². The molecule has 1 atom stereocenters. The highest BCUT2D eigenvalue weighted by atomic mass is 32.2. The van der Waals surface area contributed by atoms with E-state index in [2.05, 4.69) is 62.5 Å². The summed E-state index contributed by atoms with van der Waals surface area (Å²) < 4.78 is 0. The van der Waals surface area contributed by atoms with Crippen molar-refractivity contribution in [2.45, 2.75) is 30.9 Å². The van der Waals surface area contributed by atoms with Gasteiger partial charge < -0.3 is 5.32 Å². The van der Waals surface area contributed by atoms with Gasteiger partial charge in [0, 0.05) is 17.1 Å². The molecule has 2 heteroatoms. The normalized spacial score (nSPS) is 17.7. The molecule has 1 aliphatic heterocycles. The van der Waals surface area contributed by atoms with Gasteiger partial charge in [-0.3, -0.25) is 0 Å². The first-order chi connectivity index (χ1) is 9.15. The Morgan fingerprint density at radius 2 is 1.74 bits per heavy atom. The number of para-hydroxylation sites is 1. The van der Waals surface area contributed by atoms with Crippen LogP contribution in [0, 0.1) is 20.8 Å². The van der Waals surface area contributed by atoms with Gasteiger partial charge in [0.1, 0.15) is 0 Å². The van der Waals surface area contributed by atoms with Gasteiger partial charge in [0.15, 0.2) is 0 Å². The highest BCUT2D eigenvalue weighted by Gasteiger charge is 2.22. The molecule has 0 fully saturated rings. The van der Waals surface area contributed by atoms with Gasteiger partial charge in [0.05, 0.1) is 5.25 Å². The average molecular weight is 269 g/mol. The fourth-order valence-corrected chi connectivity index (χ4v) is 4.36. The second-order valence-corrected chi connectivity index (χ2v) is 6.54. The average Bonchev–Trinajstić information content (AvgIpc) is 2.37. The minimum Gasteiger partial charge on any atom is -0.383 e. The third-order valence-electron chi connectivity index (χ3n) is 3.69. The number of aryl methyl sites for hydroxylation is 3. The number of hydrogen-bond donors (Lipinski definition) is 1. The Hall–Kier alpha value is -1.41. The molecule has 2 aromatic carbocycles. The van der Waals surface area contributed by atoms with Crippen LogP contribution in [0.3, 0.4) is 0 Å². The van der Waals surface area contributed by atoms with Crippen LogP contribution in [0.2, 0.25) is 0 Å². The summed E-state index contributed by atoms with van der Waals surface area (Å²) in [5, 5.41) is 4.07. The molecule has 1 heterocycles. The quantitative estimate of drug-likeness (QED) is 0.792. The van der Waals surface area contributed by atoms with Gasteiger partial charge in [-0.2, -0.15) is 0 Å². The number of hydrogen-bond acceptors (Lipinski definition) is 2. The Labute approximate surface area is 119 Å².